The van der Waals surface area contributed by atoms with Crippen LogP contribution in [0.3, 0.4) is 0 Å². The molecular formula is C19H22N2O3S2. The maximum Gasteiger partial charge on any atom is 0.258 e. The Kier molecular flexibility index (Phi) is 5.41. The minimum atomic E-state index is -3.63. The number of para-hydroxylation sites is 1. The summed E-state index contributed by atoms with van der Waals surface area (Å²) in [6.07, 6.45) is 0. The van der Waals surface area contributed by atoms with Crippen molar-refractivity contribution in [3.63, 3.8) is 0 Å². The molecule has 0 aliphatic carbocycles. The summed E-state index contributed by atoms with van der Waals surface area (Å²) in [5.74, 6) is 0.638. The van der Waals surface area contributed by atoms with Gasteiger partial charge in [-0.05, 0) is 44.2 Å². The van der Waals surface area contributed by atoms with Crippen molar-refractivity contribution in [2.75, 3.05) is 24.2 Å². The summed E-state index contributed by atoms with van der Waals surface area (Å²) < 4.78 is 26.8. The molecule has 0 saturated heterocycles. The molecule has 0 saturated carbocycles. The van der Waals surface area contributed by atoms with Crippen LogP contribution < -0.4 is 4.90 Å². The SMILES string of the molecule is CC(C)N(C)S(=O)(=O)c1cccc(C(=O)N2CCSc3ccccc32)c1. The summed E-state index contributed by atoms with van der Waals surface area (Å²) in [5, 5.41) is 0. The minimum absolute atomic E-state index is 0.138. The quantitative estimate of drug-likeness (QED) is 0.802. The van der Waals surface area contributed by atoms with Gasteiger partial charge in [-0.15, -0.1) is 11.8 Å². The van der Waals surface area contributed by atoms with E-state index in [2.05, 4.69) is 0 Å². The molecule has 3 rings (SSSR count). The van der Waals surface area contributed by atoms with E-state index in [0.29, 0.717) is 12.1 Å². The summed E-state index contributed by atoms with van der Waals surface area (Å²) in [7, 11) is -2.08. The lowest BCUT2D eigenvalue weighted by Gasteiger charge is -2.29. The Hall–Kier alpha value is -1.83. The minimum Gasteiger partial charge on any atom is -0.306 e. The monoisotopic (exact) mass is 390 g/mol. The first-order chi connectivity index (χ1) is 12.3. The molecule has 1 amide bonds. The zero-order valence-electron chi connectivity index (χ0n) is 15.0. The standard InChI is InChI=1S/C19H22N2O3S2/c1-14(2)20(3)26(23,24)16-8-6-7-15(13-16)19(22)21-11-12-25-18-10-5-4-9-17(18)21/h4-10,13-14H,11-12H2,1-3H3. The molecule has 0 spiro atoms. The maximum absolute atomic E-state index is 13.1. The molecule has 1 aliphatic heterocycles. The van der Waals surface area contributed by atoms with E-state index in [-0.39, 0.29) is 16.8 Å². The Morgan fingerprint density at radius 1 is 1.15 bits per heavy atom. The van der Waals surface area contributed by atoms with E-state index in [0.717, 1.165) is 16.3 Å². The molecule has 0 fully saturated rings. The number of sulfonamides is 1. The molecule has 26 heavy (non-hydrogen) atoms. The van der Waals surface area contributed by atoms with Crippen molar-refractivity contribution in [1.82, 2.24) is 4.31 Å². The average Bonchev–Trinajstić information content (AvgIpc) is 2.66. The number of thioether (sulfide) groups is 1. The Balaban J connectivity index is 1.96. The molecule has 0 N–H and O–H groups in total. The van der Waals surface area contributed by atoms with Gasteiger partial charge in [-0.3, -0.25) is 4.79 Å². The summed E-state index contributed by atoms with van der Waals surface area (Å²) in [4.78, 5) is 16.0. The van der Waals surface area contributed by atoms with Gasteiger partial charge in [0.2, 0.25) is 10.0 Å². The van der Waals surface area contributed by atoms with Gasteiger partial charge < -0.3 is 4.90 Å². The number of carbonyl (C=O) groups is 1. The van der Waals surface area contributed by atoms with Crippen LogP contribution in [0, 0.1) is 0 Å². The zero-order valence-corrected chi connectivity index (χ0v) is 16.7. The van der Waals surface area contributed by atoms with Crippen LogP contribution in [0.2, 0.25) is 0 Å². The van der Waals surface area contributed by atoms with E-state index in [1.807, 2.05) is 38.1 Å². The van der Waals surface area contributed by atoms with Crippen LogP contribution in [-0.2, 0) is 10.0 Å². The fourth-order valence-electron chi connectivity index (χ4n) is 2.77. The number of anilines is 1. The van der Waals surface area contributed by atoms with Crippen molar-refractivity contribution in [3.8, 4) is 0 Å². The first kappa shape index (κ1) is 18.9. The number of amides is 1. The summed E-state index contributed by atoms with van der Waals surface area (Å²) in [6, 6.07) is 13.9. The number of carbonyl (C=O) groups excluding carboxylic acids is 1. The van der Waals surface area contributed by atoms with Crippen molar-refractivity contribution in [2.45, 2.75) is 29.7 Å². The Morgan fingerprint density at radius 2 is 1.88 bits per heavy atom. The molecule has 1 aliphatic rings. The Morgan fingerprint density at radius 3 is 2.62 bits per heavy atom. The number of rotatable bonds is 4. The van der Waals surface area contributed by atoms with E-state index >= 15 is 0 Å². The molecule has 0 atom stereocenters. The topological polar surface area (TPSA) is 57.7 Å². The van der Waals surface area contributed by atoms with E-state index < -0.39 is 10.0 Å². The molecule has 138 valence electrons. The Bertz CT molecular complexity index is 926. The lowest BCUT2D eigenvalue weighted by Crippen LogP contribution is -2.36. The molecule has 0 aromatic heterocycles. The fourth-order valence-corrected chi connectivity index (χ4v) is 5.18. The summed E-state index contributed by atoms with van der Waals surface area (Å²) in [6.45, 7) is 4.23. The maximum atomic E-state index is 13.1. The second kappa shape index (κ2) is 7.42. The van der Waals surface area contributed by atoms with Crippen LogP contribution >= 0.6 is 11.8 Å². The van der Waals surface area contributed by atoms with Gasteiger partial charge in [-0.1, -0.05) is 18.2 Å². The van der Waals surface area contributed by atoms with Gasteiger partial charge in [0.1, 0.15) is 0 Å². The molecule has 2 aromatic carbocycles. The van der Waals surface area contributed by atoms with Gasteiger partial charge in [-0.25, -0.2) is 8.42 Å². The third-order valence-corrected chi connectivity index (χ3v) is 7.53. The van der Waals surface area contributed by atoms with Crippen LogP contribution in [-0.4, -0.2) is 44.0 Å². The fraction of sp³-hybridized carbons (Fsp3) is 0.316. The third kappa shape index (κ3) is 3.51. The molecule has 2 aromatic rings. The van der Waals surface area contributed by atoms with Crippen molar-refractivity contribution >= 4 is 33.4 Å². The van der Waals surface area contributed by atoms with Gasteiger partial charge >= 0.3 is 0 Å². The van der Waals surface area contributed by atoms with Crippen LogP contribution in [0.25, 0.3) is 0 Å². The highest BCUT2D eigenvalue weighted by molar-refractivity contribution is 7.99. The summed E-state index contributed by atoms with van der Waals surface area (Å²) >= 11 is 1.72. The van der Waals surface area contributed by atoms with Crippen molar-refractivity contribution in [3.05, 3.63) is 54.1 Å². The predicted octanol–water partition coefficient (Wildman–Crippen LogP) is 3.47. The molecule has 7 heteroatoms. The lowest BCUT2D eigenvalue weighted by molar-refractivity contribution is 0.0987. The molecule has 1 heterocycles. The number of benzene rings is 2. The second-order valence-electron chi connectivity index (χ2n) is 6.42. The van der Waals surface area contributed by atoms with E-state index in [4.69, 9.17) is 0 Å². The van der Waals surface area contributed by atoms with Crippen molar-refractivity contribution in [2.24, 2.45) is 0 Å². The zero-order chi connectivity index (χ0) is 18.9. The highest BCUT2D eigenvalue weighted by Gasteiger charge is 2.27. The highest BCUT2D eigenvalue weighted by atomic mass is 32.2. The number of hydrogen-bond donors (Lipinski definition) is 0. The van der Waals surface area contributed by atoms with Crippen molar-refractivity contribution in [1.29, 1.82) is 0 Å². The summed E-state index contributed by atoms with van der Waals surface area (Å²) in [5.41, 5.74) is 1.26. The first-order valence-corrected chi connectivity index (χ1v) is 10.9. The van der Waals surface area contributed by atoms with E-state index in [1.54, 1.807) is 35.8 Å². The normalized spacial score (nSPS) is 14.6. The van der Waals surface area contributed by atoms with Gasteiger partial charge in [0, 0.05) is 35.8 Å². The predicted molar refractivity (Wildman–Crippen MR) is 105 cm³/mol. The average molecular weight is 391 g/mol. The van der Waals surface area contributed by atoms with Crippen molar-refractivity contribution < 1.29 is 13.2 Å². The van der Waals surface area contributed by atoms with Gasteiger partial charge in [0.25, 0.3) is 5.91 Å². The second-order valence-corrected chi connectivity index (χ2v) is 9.55. The van der Waals surface area contributed by atoms with Crippen LogP contribution in [0.4, 0.5) is 5.69 Å². The number of nitrogens with zero attached hydrogens (tertiary/aromatic N) is 2. The molecule has 0 unspecified atom stereocenters. The highest BCUT2D eigenvalue weighted by Crippen LogP contribution is 2.35. The largest absolute Gasteiger partial charge is 0.306 e. The van der Waals surface area contributed by atoms with Gasteiger partial charge in [0.05, 0.1) is 10.6 Å². The molecule has 0 bridgehead atoms. The Labute approximate surface area is 159 Å². The molecular weight excluding hydrogens is 368 g/mol. The van der Waals surface area contributed by atoms with E-state index in [9.17, 15) is 13.2 Å². The van der Waals surface area contributed by atoms with Crippen LogP contribution in [0.15, 0.2) is 58.3 Å². The van der Waals surface area contributed by atoms with Gasteiger partial charge in [-0.2, -0.15) is 4.31 Å². The first-order valence-electron chi connectivity index (χ1n) is 8.44. The molecule has 5 nitrogen and oxygen atoms in total. The third-order valence-electron chi connectivity index (χ3n) is 4.46. The number of fused-ring (bicyclic) bond motifs is 1. The van der Waals surface area contributed by atoms with Crippen LogP contribution in [0.1, 0.15) is 24.2 Å². The molecule has 0 radical (unpaired) electrons. The van der Waals surface area contributed by atoms with Crippen LogP contribution in [0.5, 0.6) is 0 Å². The lowest BCUT2D eigenvalue weighted by atomic mass is 10.1. The smallest absolute Gasteiger partial charge is 0.258 e. The van der Waals surface area contributed by atoms with Gasteiger partial charge in [0.15, 0.2) is 0 Å². The van der Waals surface area contributed by atoms with E-state index in [1.165, 1.54) is 16.4 Å². The number of hydrogen-bond acceptors (Lipinski definition) is 4.